The van der Waals surface area contributed by atoms with Crippen LogP contribution >= 0.6 is 23.2 Å². The van der Waals surface area contributed by atoms with Gasteiger partial charge in [-0.3, -0.25) is 4.79 Å². The number of aliphatic hydroxyl groups excluding tert-OH is 1. The van der Waals surface area contributed by atoms with E-state index in [4.69, 9.17) is 33.4 Å². The number of carboxylic acid groups (broad SMARTS) is 1. The van der Waals surface area contributed by atoms with Crippen LogP contribution in [0.4, 0.5) is 33.6 Å². The Labute approximate surface area is 235 Å². The van der Waals surface area contributed by atoms with Crippen molar-refractivity contribution >= 4 is 64.0 Å². The lowest BCUT2D eigenvalue weighted by molar-refractivity contribution is 0.102. The Bertz CT molecular complexity index is 1280. The van der Waals surface area contributed by atoms with Crippen molar-refractivity contribution in [3.63, 3.8) is 0 Å². The molecule has 0 radical (unpaired) electrons. The van der Waals surface area contributed by atoms with Crippen LogP contribution in [-0.2, 0) is 0 Å². The molecule has 2 heterocycles. The molecule has 1 aromatic heterocycles. The zero-order valence-corrected chi connectivity index (χ0v) is 22.5. The Morgan fingerprint density at radius 3 is 2.31 bits per heavy atom. The standard InChI is InChI=1S/C26H29Cl2N7O4/c27-20-4-3-5-21(28)22(20)32-24(37)19-16-30-25(33-23(19)29-10-1-2-15-36)31-17-6-8-18(9-7-17)34-11-13-35(14-12-34)26(38)39/h3-9,16,36H,1-2,10-15H2,(H,32,37)(H,38,39)(H2,29,30,31,33). The summed E-state index contributed by atoms with van der Waals surface area (Å²) in [6, 6.07) is 12.6. The predicted octanol–water partition coefficient (Wildman–Crippen LogP) is 4.76. The second-order valence-corrected chi connectivity index (χ2v) is 9.61. The highest BCUT2D eigenvalue weighted by atomic mass is 35.5. The molecule has 1 saturated heterocycles. The zero-order valence-electron chi connectivity index (χ0n) is 21.0. The van der Waals surface area contributed by atoms with E-state index in [1.165, 1.54) is 11.1 Å². The lowest BCUT2D eigenvalue weighted by Gasteiger charge is -2.34. The van der Waals surface area contributed by atoms with E-state index in [-0.39, 0.29) is 18.1 Å². The predicted molar refractivity (Wildman–Crippen MR) is 153 cm³/mol. The van der Waals surface area contributed by atoms with E-state index < -0.39 is 12.0 Å². The van der Waals surface area contributed by atoms with Gasteiger partial charge in [0, 0.05) is 56.9 Å². The first-order chi connectivity index (χ1) is 18.9. The summed E-state index contributed by atoms with van der Waals surface area (Å²) in [5.41, 5.74) is 2.23. The molecule has 0 aliphatic carbocycles. The van der Waals surface area contributed by atoms with Gasteiger partial charge in [-0.2, -0.15) is 4.98 Å². The number of carbonyl (C=O) groups excluding carboxylic acids is 1. The van der Waals surface area contributed by atoms with Crippen LogP contribution in [0.5, 0.6) is 0 Å². The zero-order chi connectivity index (χ0) is 27.8. The minimum atomic E-state index is -0.896. The Hall–Kier alpha value is -3.80. The summed E-state index contributed by atoms with van der Waals surface area (Å²) in [7, 11) is 0. The third-order valence-electron chi connectivity index (χ3n) is 6.15. The highest BCUT2D eigenvalue weighted by molar-refractivity contribution is 6.40. The van der Waals surface area contributed by atoms with Crippen molar-refractivity contribution in [2.45, 2.75) is 12.8 Å². The van der Waals surface area contributed by atoms with Crippen molar-refractivity contribution in [2.24, 2.45) is 0 Å². The maximum atomic E-state index is 13.1. The number of unbranched alkanes of at least 4 members (excludes halogenated alkanes) is 1. The van der Waals surface area contributed by atoms with E-state index in [2.05, 4.69) is 30.8 Å². The molecule has 0 atom stereocenters. The lowest BCUT2D eigenvalue weighted by Crippen LogP contribution is -2.48. The topological polar surface area (TPSA) is 143 Å². The van der Waals surface area contributed by atoms with E-state index in [0.717, 1.165) is 11.4 Å². The first-order valence-corrected chi connectivity index (χ1v) is 13.2. The molecule has 2 aromatic carbocycles. The number of nitrogens with one attached hydrogen (secondary N) is 3. The van der Waals surface area contributed by atoms with Crippen LogP contribution < -0.4 is 20.9 Å². The number of aromatic nitrogens is 2. The molecule has 206 valence electrons. The van der Waals surface area contributed by atoms with Gasteiger partial charge in [-0.25, -0.2) is 9.78 Å². The van der Waals surface area contributed by atoms with Crippen molar-refractivity contribution in [1.29, 1.82) is 0 Å². The van der Waals surface area contributed by atoms with Crippen LogP contribution in [0.1, 0.15) is 23.2 Å². The lowest BCUT2D eigenvalue weighted by atomic mass is 10.2. The van der Waals surface area contributed by atoms with Gasteiger partial charge in [0.25, 0.3) is 5.91 Å². The number of nitrogens with zero attached hydrogens (tertiary/aromatic N) is 4. The molecule has 0 unspecified atom stereocenters. The van der Waals surface area contributed by atoms with Gasteiger partial charge in [-0.1, -0.05) is 29.3 Å². The van der Waals surface area contributed by atoms with Crippen LogP contribution in [0.3, 0.4) is 0 Å². The van der Waals surface area contributed by atoms with Gasteiger partial charge in [-0.15, -0.1) is 0 Å². The Morgan fingerprint density at radius 2 is 1.67 bits per heavy atom. The fourth-order valence-corrected chi connectivity index (χ4v) is 4.52. The number of aliphatic hydroxyl groups is 1. The summed E-state index contributed by atoms with van der Waals surface area (Å²) in [4.78, 5) is 36.6. The highest BCUT2D eigenvalue weighted by Gasteiger charge is 2.21. The molecule has 39 heavy (non-hydrogen) atoms. The monoisotopic (exact) mass is 573 g/mol. The SMILES string of the molecule is O=C(Nc1c(Cl)cccc1Cl)c1cnc(Nc2ccc(N3CCN(C(=O)O)CC3)cc2)nc1NCCCCO. The van der Waals surface area contributed by atoms with Crippen LogP contribution in [0, 0.1) is 0 Å². The van der Waals surface area contributed by atoms with Crippen molar-refractivity contribution in [2.75, 3.05) is 60.2 Å². The summed E-state index contributed by atoms with van der Waals surface area (Å²) in [5, 5.41) is 27.9. The number of halogens is 2. The number of piperazine rings is 1. The molecule has 0 bridgehead atoms. The molecule has 13 heteroatoms. The number of para-hydroxylation sites is 1. The molecule has 3 aromatic rings. The maximum absolute atomic E-state index is 13.1. The van der Waals surface area contributed by atoms with Gasteiger partial charge in [0.15, 0.2) is 0 Å². The van der Waals surface area contributed by atoms with Crippen molar-refractivity contribution in [3.8, 4) is 0 Å². The number of anilines is 5. The summed E-state index contributed by atoms with van der Waals surface area (Å²) >= 11 is 12.4. The van der Waals surface area contributed by atoms with Crippen molar-refractivity contribution in [1.82, 2.24) is 14.9 Å². The van der Waals surface area contributed by atoms with Gasteiger partial charge in [0.1, 0.15) is 11.4 Å². The molecule has 5 N–H and O–H groups in total. The van der Waals surface area contributed by atoms with Crippen molar-refractivity contribution in [3.05, 3.63) is 64.3 Å². The van der Waals surface area contributed by atoms with Crippen LogP contribution in [0.25, 0.3) is 0 Å². The van der Waals surface area contributed by atoms with E-state index in [1.54, 1.807) is 18.2 Å². The fraction of sp³-hybridized carbons (Fsp3) is 0.308. The summed E-state index contributed by atoms with van der Waals surface area (Å²) in [5.74, 6) is 0.127. The second-order valence-electron chi connectivity index (χ2n) is 8.79. The number of benzene rings is 2. The number of hydrogen-bond donors (Lipinski definition) is 5. The van der Waals surface area contributed by atoms with Gasteiger partial charge >= 0.3 is 6.09 Å². The smallest absolute Gasteiger partial charge is 0.407 e. The van der Waals surface area contributed by atoms with E-state index in [0.29, 0.717) is 67.1 Å². The maximum Gasteiger partial charge on any atom is 0.407 e. The second kappa shape index (κ2) is 13.3. The largest absolute Gasteiger partial charge is 0.465 e. The average Bonchev–Trinajstić information content (AvgIpc) is 2.94. The Morgan fingerprint density at radius 1 is 0.974 bits per heavy atom. The molecular formula is C26H29Cl2N7O4. The summed E-state index contributed by atoms with van der Waals surface area (Å²) < 4.78 is 0. The first kappa shape index (κ1) is 28.2. The van der Waals surface area contributed by atoms with Crippen LogP contribution in [0.2, 0.25) is 10.0 Å². The molecule has 1 aliphatic heterocycles. The number of rotatable bonds is 10. The van der Waals surface area contributed by atoms with Gasteiger partial charge in [0.05, 0.1) is 15.7 Å². The van der Waals surface area contributed by atoms with Crippen molar-refractivity contribution < 1.29 is 19.8 Å². The quantitative estimate of drug-likeness (QED) is 0.217. The molecule has 0 saturated carbocycles. The number of amides is 2. The molecular weight excluding hydrogens is 545 g/mol. The minimum absolute atomic E-state index is 0.0713. The van der Waals surface area contributed by atoms with Gasteiger partial charge in [-0.05, 0) is 49.2 Å². The van der Waals surface area contributed by atoms with E-state index in [9.17, 15) is 9.59 Å². The summed E-state index contributed by atoms with van der Waals surface area (Å²) in [6.07, 6.45) is 1.81. The minimum Gasteiger partial charge on any atom is -0.465 e. The number of hydrogen-bond acceptors (Lipinski definition) is 8. The summed E-state index contributed by atoms with van der Waals surface area (Å²) in [6.45, 7) is 2.72. The molecule has 11 nitrogen and oxygen atoms in total. The molecule has 0 spiro atoms. The Balaban J connectivity index is 1.47. The fourth-order valence-electron chi connectivity index (χ4n) is 4.03. The van der Waals surface area contributed by atoms with Gasteiger partial charge in [0.2, 0.25) is 5.95 Å². The van der Waals surface area contributed by atoms with Crippen LogP contribution in [-0.4, -0.2) is 76.4 Å². The molecule has 1 aliphatic rings. The third kappa shape index (κ3) is 7.41. The highest BCUT2D eigenvalue weighted by Crippen LogP contribution is 2.31. The average molecular weight is 574 g/mol. The molecule has 2 amide bonds. The molecule has 1 fully saturated rings. The van der Waals surface area contributed by atoms with E-state index in [1.807, 2.05) is 24.3 Å². The molecule has 4 rings (SSSR count). The van der Waals surface area contributed by atoms with E-state index >= 15 is 0 Å². The van der Waals surface area contributed by atoms with Gasteiger partial charge < -0.3 is 36.0 Å². The van der Waals surface area contributed by atoms with Crippen LogP contribution in [0.15, 0.2) is 48.7 Å². The third-order valence-corrected chi connectivity index (χ3v) is 6.78. The Kier molecular flexibility index (Phi) is 9.64. The number of carbonyl (C=O) groups is 2. The first-order valence-electron chi connectivity index (χ1n) is 12.4. The normalized spacial score (nSPS) is 13.2.